The van der Waals surface area contributed by atoms with E-state index in [2.05, 4.69) is 4.98 Å². The van der Waals surface area contributed by atoms with Crippen molar-refractivity contribution in [1.82, 2.24) is 23.9 Å². The summed E-state index contributed by atoms with van der Waals surface area (Å²) in [6.07, 6.45) is 6.16. The molecule has 0 atom stereocenters. The van der Waals surface area contributed by atoms with Gasteiger partial charge in [0.05, 0.1) is 22.1 Å². The molecule has 0 bridgehead atoms. The number of carbonyl (C=O) groups is 2. The van der Waals surface area contributed by atoms with Crippen LogP contribution < -0.4 is 5.69 Å². The molecule has 9 heteroatoms. The third-order valence-electron chi connectivity index (χ3n) is 7.57. The van der Waals surface area contributed by atoms with E-state index in [4.69, 9.17) is 11.6 Å². The Hall–Kier alpha value is -3.52. The zero-order chi connectivity index (χ0) is 24.8. The fourth-order valence-electron chi connectivity index (χ4n) is 5.70. The minimum atomic E-state index is -0.114. The molecule has 186 valence electrons. The van der Waals surface area contributed by atoms with Crippen LogP contribution in [0, 0.1) is 0 Å². The highest BCUT2D eigenvalue weighted by molar-refractivity contribution is 6.31. The second-order valence-corrected chi connectivity index (χ2v) is 10.2. The minimum Gasteiger partial charge on any atom is -0.338 e. The molecule has 2 amide bonds. The minimum absolute atomic E-state index is 0.0264. The molecule has 8 nitrogen and oxygen atoms in total. The zero-order valence-electron chi connectivity index (χ0n) is 20.0. The highest BCUT2D eigenvalue weighted by atomic mass is 35.5. The molecule has 36 heavy (non-hydrogen) atoms. The number of imidazole rings is 1. The van der Waals surface area contributed by atoms with Crippen LogP contribution in [0.5, 0.6) is 0 Å². The summed E-state index contributed by atoms with van der Waals surface area (Å²) in [5, 5.41) is 1.25. The van der Waals surface area contributed by atoms with Crippen LogP contribution in [0.15, 0.2) is 53.5 Å². The van der Waals surface area contributed by atoms with Gasteiger partial charge in [-0.05, 0) is 56.4 Å². The molecule has 2 aromatic heterocycles. The van der Waals surface area contributed by atoms with E-state index in [0.29, 0.717) is 42.0 Å². The number of carbonyl (C=O) groups excluding carboxylic acids is 2. The van der Waals surface area contributed by atoms with Crippen LogP contribution in [0.4, 0.5) is 4.79 Å². The van der Waals surface area contributed by atoms with Crippen molar-refractivity contribution in [3.8, 4) is 0 Å². The molecular weight excluding hydrogens is 478 g/mol. The van der Waals surface area contributed by atoms with Crippen molar-refractivity contribution in [2.75, 3.05) is 26.2 Å². The van der Waals surface area contributed by atoms with Gasteiger partial charge < -0.3 is 14.8 Å². The monoisotopic (exact) mass is 505 g/mol. The number of H-pyrrole nitrogens is 1. The number of piperidine rings is 2. The fourth-order valence-corrected chi connectivity index (χ4v) is 5.87. The molecule has 1 N–H and O–H groups in total. The van der Waals surface area contributed by atoms with Gasteiger partial charge in [0.1, 0.15) is 0 Å². The Balaban J connectivity index is 1.26. The van der Waals surface area contributed by atoms with Crippen molar-refractivity contribution in [3.05, 3.63) is 69.7 Å². The summed E-state index contributed by atoms with van der Waals surface area (Å²) in [6.45, 7) is 2.53. The molecule has 4 aromatic rings. The van der Waals surface area contributed by atoms with Crippen LogP contribution in [0.2, 0.25) is 5.02 Å². The molecule has 6 rings (SSSR count). The van der Waals surface area contributed by atoms with Crippen molar-refractivity contribution in [1.29, 1.82) is 0 Å². The second-order valence-electron chi connectivity index (χ2n) is 9.75. The predicted octanol–water partition coefficient (Wildman–Crippen LogP) is 4.87. The molecule has 4 heterocycles. The Bertz CT molecular complexity index is 1520. The largest absolute Gasteiger partial charge is 0.338 e. The van der Waals surface area contributed by atoms with Gasteiger partial charge in [0.15, 0.2) is 0 Å². The lowest BCUT2D eigenvalue weighted by atomic mass is 10.0. The first kappa shape index (κ1) is 22.9. The predicted molar refractivity (Wildman–Crippen MR) is 140 cm³/mol. The number of hydrogen-bond acceptors (Lipinski definition) is 3. The first-order chi connectivity index (χ1) is 17.5. The first-order valence-electron chi connectivity index (χ1n) is 12.6. The summed E-state index contributed by atoms with van der Waals surface area (Å²) in [5.74, 6) is -0.0998. The van der Waals surface area contributed by atoms with Gasteiger partial charge in [0, 0.05) is 48.8 Å². The Morgan fingerprint density at radius 2 is 1.64 bits per heavy atom. The van der Waals surface area contributed by atoms with E-state index in [0.717, 1.165) is 48.8 Å². The fraction of sp³-hybridized carbons (Fsp3) is 0.370. The van der Waals surface area contributed by atoms with Gasteiger partial charge in [-0.1, -0.05) is 29.8 Å². The second kappa shape index (κ2) is 9.17. The number of para-hydroxylation sites is 2. The van der Waals surface area contributed by atoms with Crippen LogP contribution in [0.1, 0.15) is 48.5 Å². The molecule has 0 saturated carbocycles. The third-order valence-corrected chi connectivity index (χ3v) is 7.81. The number of amides is 2. The average molecular weight is 506 g/mol. The summed E-state index contributed by atoms with van der Waals surface area (Å²) >= 11 is 6.27. The molecule has 2 aromatic carbocycles. The van der Waals surface area contributed by atoms with Gasteiger partial charge in [0.2, 0.25) is 0 Å². The van der Waals surface area contributed by atoms with E-state index in [1.807, 2.05) is 44.7 Å². The van der Waals surface area contributed by atoms with E-state index in [1.165, 1.54) is 0 Å². The van der Waals surface area contributed by atoms with Gasteiger partial charge in [-0.25, -0.2) is 9.59 Å². The molecule has 2 saturated heterocycles. The van der Waals surface area contributed by atoms with E-state index >= 15 is 0 Å². The Labute approximate surface area is 213 Å². The number of halogens is 1. The molecule has 2 aliphatic heterocycles. The highest BCUT2D eigenvalue weighted by Crippen LogP contribution is 2.30. The Morgan fingerprint density at radius 1 is 0.889 bits per heavy atom. The normalized spacial score (nSPS) is 17.2. The lowest BCUT2D eigenvalue weighted by Gasteiger charge is -2.32. The molecule has 2 fully saturated rings. The van der Waals surface area contributed by atoms with Crippen LogP contribution >= 0.6 is 11.6 Å². The molecule has 0 aliphatic carbocycles. The summed E-state index contributed by atoms with van der Waals surface area (Å²) in [6, 6.07) is 12.9. The van der Waals surface area contributed by atoms with Crippen molar-refractivity contribution in [3.63, 3.8) is 0 Å². The average Bonchev–Trinajstić information content (AvgIpc) is 3.45. The topological polar surface area (TPSA) is 83.3 Å². The van der Waals surface area contributed by atoms with Crippen LogP contribution in [-0.4, -0.2) is 62.0 Å². The van der Waals surface area contributed by atoms with Crippen molar-refractivity contribution < 1.29 is 9.59 Å². The van der Waals surface area contributed by atoms with E-state index < -0.39 is 0 Å². The van der Waals surface area contributed by atoms with Gasteiger partial charge in [-0.15, -0.1) is 0 Å². The van der Waals surface area contributed by atoms with Gasteiger partial charge >= 0.3 is 11.7 Å². The van der Waals surface area contributed by atoms with Crippen molar-refractivity contribution in [2.24, 2.45) is 0 Å². The molecular formula is C27H28ClN5O3. The van der Waals surface area contributed by atoms with Gasteiger partial charge in [0.25, 0.3) is 5.91 Å². The van der Waals surface area contributed by atoms with E-state index in [9.17, 15) is 14.4 Å². The number of rotatable bonds is 2. The van der Waals surface area contributed by atoms with Gasteiger partial charge in [-0.2, -0.15) is 0 Å². The first-order valence-corrected chi connectivity index (χ1v) is 13.0. The third kappa shape index (κ3) is 3.89. The zero-order valence-corrected chi connectivity index (χ0v) is 20.7. The lowest BCUT2D eigenvalue weighted by Crippen LogP contribution is -2.40. The highest BCUT2D eigenvalue weighted by Gasteiger charge is 2.29. The quantitative estimate of drug-likeness (QED) is 0.422. The van der Waals surface area contributed by atoms with Crippen LogP contribution in [0.3, 0.4) is 0 Å². The number of benzene rings is 2. The Morgan fingerprint density at radius 3 is 2.42 bits per heavy atom. The standard InChI is InChI=1S/C27H28ClN5O3/c28-18-8-9-20-21(17-32(24(20)16-18)27(36)31-12-4-1-5-13-31)25(34)30-14-10-19(11-15-30)33-23-7-3-2-6-22(23)29-26(33)35/h2-3,6-9,16-17,19H,1,4-5,10-15H2,(H,29,35). The summed E-state index contributed by atoms with van der Waals surface area (Å²) in [5.41, 5.74) is 2.77. The number of fused-ring (bicyclic) bond motifs is 2. The summed E-state index contributed by atoms with van der Waals surface area (Å²) < 4.78 is 3.40. The number of hydrogen-bond donors (Lipinski definition) is 1. The van der Waals surface area contributed by atoms with Crippen LogP contribution in [-0.2, 0) is 0 Å². The van der Waals surface area contributed by atoms with Crippen molar-refractivity contribution in [2.45, 2.75) is 38.1 Å². The molecule has 0 spiro atoms. The van der Waals surface area contributed by atoms with E-state index in [1.54, 1.807) is 22.9 Å². The summed E-state index contributed by atoms with van der Waals surface area (Å²) in [4.78, 5) is 46.2. The maximum Gasteiger partial charge on any atom is 0.328 e. The van der Waals surface area contributed by atoms with Gasteiger partial charge in [-0.3, -0.25) is 13.9 Å². The maximum atomic E-state index is 13.7. The molecule has 2 aliphatic rings. The lowest BCUT2D eigenvalue weighted by molar-refractivity contribution is 0.0697. The molecule has 0 radical (unpaired) electrons. The SMILES string of the molecule is O=C(c1cn(C(=O)N2CCCCC2)c2cc(Cl)ccc12)N1CCC(n2c(=O)[nH]c3ccccc32)CC1. The number of nitrogens with one attached hydrogen (secondary N) is 1. The van der Waals surface area contributed by atoms with Crippen molar-refractivity contribution >= 4 is 45.5 Å². The van der Waals surface area contributed by atoms with E-state index in [-0.39, 0.29) is 23.7 Å². The van der Waals surface area contributed by atoms with Crippen LogP contribution in [0.25, 0.3) is 21.9 Å². The number of aromatic nitrogens is 3. The molecule has 0 unspecified atom stereocenters. The summed E-state index contributed by atoms with van der Waals surface area (Å²) in [7, 11) is 0. The number of nitrogens with zero attached hydrogens (tertiary/aromatic N) is 4. The number of likely N-dealkylation sites (tertiary alicyclic amines) is 2. The maximum absolute atomic E-state index is 13.7. The number of aromatic amines is 1. The smallest absolute Gasteiger partial charge is 0.328 e. The Kier molecular flexibility index (Phi) is 5.84.